The van der Waals surface area contributed by atoms with Crippen LogP contribution in [-0.4, -0.2) is 4.57 Å². The smallest absolute Gasteiger partial charge is 0.301 e. The SMILES string of the molecule is O=P1(c2ccccc2)N(c2ccccc2)c2ccc(-c3cc(-c4ccccc4)cc(-n4c5ccc(-c6ccccc6)cc5c5cc(-c6ccccc6)ccc54)c3)cc2N1c1ccccc1. The lowest BCUT2D eigenvalue weighted by Gasteiger charge is -2.33. The van der Waals surface area contributed by atoms with Gasteiger partial charge in [-0.15, -0.1) is 0 Å². The topological polar surface area (TPSA) is 28.5 Å². The standard InChI is InChI=1S/C60H42N3OP/c64-65(54-29-17-6-18-30-54)62(51-25-13-4-14-26-51)59-36-33-48(42-60(59)63(65)52-27-15-5-16-28-52)50-37-49(45-23-11-3-12-24-45)38-53(39-50)61-57-34-31-46(43-19-7-1-8-20-43)40-55(57)56-41-47(32-35-58(56)61)44-21-9-2-10-22-44/h1-42H. The van der Waals surface area contributed by atoms with Crippen LogP contribution >= 0.6 is 7.44 Å². The maximum absolute atomic E-state index is 16.4. The van der Waals surface area contributed by atoms with Crippen LogP contribution in [0.2, 0.25) is 0 Å². The Kier molecular flexibility index (Phi) is 9.40. The van der Waals surface area contributed by atoms with Gasteiger partial charge in [-0.05, 0) is 136 Å². The number of nitrogens with zero attached hydrogens (tertiary/aromatic N) is 3. The minimum absolute atomic E-state index is 0.760. The van der Waals surface area contributed by atoms with E-state index in [0.717, 1.165) is 67.0 Å². The lowest BCUT2D eigenvalue weighted by atomic mass is 9.97. The van der Waals surface area contributed by atoms with Gasteiger partial charge in [0.25, 0.3) is 0 Å². The maximum Gasteiger partial charge on any atom is 0.301 e. The van der Waals surface area contributed by atoms with E-state index in [9.17, 15) is 0 Å². The second kappa shape index (κ2) is 15.9. The van der Waals surface area contributed by atoms with Gasteiger partial charge < -0.3 is 4.57 Å². The normalized spacial score (nSPS) is 14.5. The number of anilines is 4. The summed E-state index contributed by atoms with van der Waals surface area (Å²) in [5.74, 6) is 0. The maximum atomic E-state index is 16.4. The van der Waals surface area contributed by atoms with Gasteiger partial charge in [-0.25, -0.2) is 0 Å². The molecule has 0 radical (unpaired) electrons. The molecule has 308 valence electrons. The first-order valence-electron chi connectivity index (χ1n) is 22.0. The zero-order chi connectivity index (χ0) is 43.3. The number of rotatable bonds is 8. The second-order valence-electron chi connectivity index (χ2n) is 16.5. The number of para-hydroxylation sites is 2. The molecule has 2 heterocycles. The van der Waals surface area contributed by atoms with E-state index in [1.54, 1.807) is 0 Å². The number of fused-ring (bicyclic) bond motifs is 4. The molecular formula is C60H42N3OP. The molecule has 1 atom stereocenters. The molecule has 0 bridgehead atoms. The minimum atomic E-state index is -3.53. The van der Waals surface area contributed by atoms with Gasteiger partial charge in [0.05, 0.1) is 27.7 Å². The van der Waals surface area contributed by atoms with E-state index in [1.807, 2.05) is 66.7 Å². The molecule has 0 N–H and O–H groups in total. The Balaban J connectivity index is 1.10. The van der Waals surface area contributed by atoms with Crippen molar-refractivity contribution in [1.29, 1.82) is 0 Å². The van der Waals surface area contributed by atoms with Crippen LogP contribution in [0.15, 0.2) is 255 Å². The van der Waals surface area contributed by atoms with Crippen molar-refractivity contribution in [3.63, 3.8) is 0 Å². The Hall–Kier alpha value is -8.17. The van der Waals surface area contributed by atoms with Crippen LogP contribution in [0.3, 0.4) is 0 Å². The van der Waals surface area contributed by atoms with Crippen LogP contribution in [0.5, 0.6) is 0 Å². The summed E-state index contributed by atoms with van der Waals surface area (Å²) in [6, 6.07) is 89.4. The fraction of sp³-hybridized carbons (Fsp3) is 0. The average Bonchev–Trinajstić information content (AvgIpc) is 3.86. The first-order chi connectivity index (χ1) is 32.1. The third-order valence-electron chi connectivity index (χ3n) is 12.7. The molecule has 65 heavy (non-hydrogen) atoms. The lowest BCUT2D eigenvalue weighted by molar-refractivity contribution is 0.582. The van der Waals surface area contributed by atoms with E-state index in [2.05, 4.69) is 202 Å². The summed E-state index contributed by atoms with van der Waals surface area (Å²) in [5, 5.41) is 3.15. The highest BCUT2D eigenvalue weighted by Gasteiger charge is 2.49. The molecule has 0 spiro atoms. The summed E-state index contributed by atoms with van der Waals surface area (Å²) in [7, 11) is -3.53. The molecule has 0 saturated heterocycles. The zero-order valence-electron chi connectivity index (χ0n) is 35.4. The molecule has 0 saturated carbocycles. The number of aromatic nitrogens is 1. The third kappa shape index (κ3) is 6.58. The Morgan fingerprint density at radius 2 is 0.662 bits per heavy atom. The van der Waals surface area contributed by atoms with Gasteiger partial charge >= 0.3 is 7.44 Å². The molecule has 11 aromatic rings. The van der Waals surface area contributed by atoms with Crippen LogP contribution in [0, 0.1) is 0 Å². The Morgan fingerprint density at radius 3 is 1.15 bits per heavy atom. The Bertz CT molecular complexity index is 3460. The summed E-state index contributed by atoms with van der Waals surface area (Å²) in [5.41, 5.74) is 15.9. The summed E-state index contributed by atoms with van der Waals surface area (Å²) in [6.45, 7) is 0. The van der Waals surface area contributed by atoms with Crippen LogP contribution in [-0.2, 0) is 4.57 Å². The van der Waals surface area contributed by atoms with E-state index >= 15 is 4.57 Å². The molecule has 10 aromatic carbocycles. The van der Waals surface area contributed by atoms with Crippen molar-refractivity contribution in [2.75, 3.05) is 9.34 Å². The van der Waals surface area contributed by atoms with Gasteiger partial charge in [-0.2, -0.15) is 0 Å². The predicted molar refractivity (Wildman–Crippen MR) is 273 cm³/mol. The van der Waals surface area contributed by atoms with E-state index in [4.69, 9.17) is 0 Å². The van der Waals surface area contributed by atoms with Crippen molar-refractivity contribution < 1.29 is 4.57 Å². The van der Waals surface area contributed by atoms with E-state index in [1.165, 1.54) is 33.0 Å². The first-order valence-corrected chi connectivity index (χ1v) is 23.6. The number of hydrogen-bond donors (Lipinski definition) is 0. The molecule has 5 heteroatoms. The average molecular weight is 852 g/mol. The fourth-order valence-corrected chi connectivity index (χ4v) is 12.6. The fourth-order valence-electron chi connectivity index (χ4n) is 9.64. The molecule has 1 aromatic heterocycles. The number of hydrogen-bond acceptors (Lipinski definition) is 1. The van der Waals surface area contributed by atoms with Gasteiger partial charge in [-0.1, -0.05) is 164 Å². The molecule has 4 nitrogen and oxygen atoms in total. The molecule has 0 fully saturated rings. The van der Waals surface area contributed by atoms with Crippen LogP contribution in [0.4, 0.5) is 22.7 Å². The quantitative estimate of drug-likeness (QED) is 0.143. The minimum Gasteiger partial charge on any atom is -0.309 e. The van der Waals surface area contributed by atoms with Crippen LogP contribution < -0.4 is 14.6 Å². The molecule has 1 unspecified atom stereocenters. The monoisotopic (exact) mass is 851 g/mol. The molecule has 0 amide bonds. The largest absolute Gasteiger partial charge is 0.309 e. The molecule has 1 aliphatic rings. The Morgan fingerprint density at radius 1 is 0.277 bits per heavy atom. The van der Waals surface area contributed by atoms with Crippen molar-refractivity contribution in [1.82, 2.24) is 4.57 Å². The highest BCUT2D eigenvalue weighted by atomic mass is 31.2. The van der Waals surface area contributed by atoms with Crippen LogP contribution in [0.25, 0.3) is 72.0 Å². The second-order valence-corrected chi connectivity index (χ2v) is 18.9. The summed E-state index contributed by atoms with van der Waals surface area (Å²) < 4.78 is 22.9. The first kappa shape index (κ1) is 38.5. The molecule has 1 aliphatic heterocycles. The van der Waals surface area contributed by atoms with E-state index in [-0.39, 0.29) is 0 Å². The van der Waals surface area contributed by atoms with Gasteiger partial charge in [0, 0.05) is 27.8 Å². The Labute approximate surface area is 379 Å². The van der Waals surface area contributed by atoms with Gasteiger partial charge in [-0.3, -0.25) is 13.9 Å². The highest BCUT2D eigenvalue weighted by Crippen LogP contribution is 2.70. The van der Waals surface area contributed by atoms with Crippen molar-refractivity contribution >= 4 is 57.3 Å². The van der Waals surface area contributed by atoms with Gasteiger partial charge in [0.15, 0.2) is 0 Å². The summed E-state index contributed by atoms with van der Waals surface area (Å²) in [4.78, 5) is 0. The van der Waals surface area contributed by atoms with Crippen molar-refractivity contribution in [2.45, 2.75) is 0 Å². The number of benzene rings is 10. The summed E-state index contributed by atoms with van der Waals surface area (Å²) in [6.07, 6.45) is 0. The van der Waals surface area contributed by atoms with Crippen molar-refractivity contribution in [3.8, 4) is 50.2 Å². The third-order valence-corrected chi connectivity index (χ3v) is 15.6. The van der Waals surface area contributed by atoms with Crippen LogP contribution in [0.1, 0.15) is 0 Å². The van der Waals surface area contributed by atoms with Gasteiger partial charge in [0.1, 0.15) is 0 Å². The van der Waals surface area contributed by atoms with Crippen molar-refractivity contribution in [3.05, 3.63) is 255 Å². The predicted octanol–water partition coefficient (Wildman–Crippen LogP) is 16.3. The van der Waals surface area contributed by atoms with E-state index < -0.39 is 7.44 Å². The lowest BCUT2D eigenvalue weighted by Crippen LogP contribution is -2.26. The zero-order valence-corrected chi connectivity index (χ0v) is 36.3. The van der Waals surface area contributed by atoms with E-state index in [0.29, 0.717) is 0 Å². The highest BCUT2D eigenvalue weighted by molar-refractivity contribution is 7.76. The summed E-state index contributed by atoms with van der Waals surface area (Å²) >= 11 is 0. The van der Waals surface area contributed by atoms with Gasteiger partial charge in [0.2, 0.25) is 0 Å². The molecular weight excluding hydrogens is 810 g/mol. The molecule has 0 aliphatic carbocycles. The van der Waals surface area contributed by atoms with Crippen molar-refractivity contribution in [2.24, 2.45) is 0 Å². The molecule has 12 rings (SSSR count).